The highest BCUT2D eigenvalue weighted by molar-refractivity contribution is 6.39. The Bertz CT molecular complexity index is 832. The molecule has 1 aliphatic heterocycles. The van der Waals surface area contributed by atoms with Crippen molar-refractivity contribution in [2.75, 3.05) is 19.0 Å². The second-order valence-electron chi connectivity index (χ2n) is 5.74. The summed E-state index contributed by atoms with van der Waals surface area (Å²) in [5.74, 6) is -1.96. The molecule has 0 bridgehead atoms. The molecular formula is C19H18N2O4. The predicted molar refractivity (Wildman–Crippen MR) is 92.0 cm³/mol. The molecule has 2 aromatic carbocycles. The first-order valence-electron chi connectivity index (χ1n) is 7.94. The number of benzene rings is 2. The summed E-state index contributed by atoms with van der Waals surface area (Å²) in [5, 5.41) is 2.52. The lowest BCUT2D eigenvalue weighted by molar-refractivity contribution is -0.143. The van der Waals surface area contributed by atoms with E-state index in [2.05, 4.69) is 10.1 Å². The van der Waals surface area contributed by atoms with Crippen molar-refractivity contribution in [2.24, 2.45) is 0 Å². The molecule has 2 amide bonds. The van der Waals surface area contributed by atoms with E-state index in [0.717, 1.165) is 5.56 Å². The predicted octanol–water partition coefficient (Wildman–Crippen LogP) is 2.00. The number of ether oxygens (including phenoxy) is 1. The van der Waals surface area contributed by atoms with Crippen molar-refractivity contribution in [2.45, 2.75) is 13.0 Å². The lowest BCUT2D eigenvalue weighted by Gasteiger charge is -2.28. The SMILES string of the molecule is COC(=O)c1ccccc1NC(=O)C(=O)N1CCc2ccccc2C1. The van der Waals surface area contributed by atoms with E-state index in [1.807, 2.05) is 24.3 Å². The molecule has 0 unspecified atom stereocenters. The van der Waals surface area contributed by atoms with Crippen molar-refractivity contribution in [1.29, 1.82) is 0 Å². The zero-order valence-corrected chi connectivity index (χ0v) is 13.8. The van der Waals surface area contributed by atoms with Gasteiger partial charge in [-0.05, 0) is 29.7 Å². The van der Waals surface area contributed by atoms with Crippen LogP contribution in [0.4, 0.5) is 5.69 Å². The van der Waals surface area contributed by atoms with Crippen LogP contribution in [-0.4, -0.2) is 36.3 Å². The van der Waals surface area contributed by atoms with Crippen molar-refractivity contribution in [3.63, 3.8) is 0 Å². The van der Waals surface area contributed by atoms with Crippen LogP contribution in [0.1, 0.15) is 21.5 Å². The minimum absolute atomic E-state index is 0.204. The third-order valence-electron chi connectivity index (χ3n) is 4.19. The van der Waals surface area contributed by atoms with Crippen LogP contribution >= 0.6 is 0 Å². The van der Waals surface area contributed by atoms with Gasteiger partial charge in [0.1, 0.15) is 0 Å². The van der Waals surface area contributed by atoms with Gasteiger partial charge >= 0.3 is 17.8 Å². The summed E-state index contributed by atoms with van der Waals surface area (Å²) in [6, 6.07) is 14.3. The molecule has 25 heavy (non-hydrogen) atoms. The quantitative estimate of drug-likeness (QED) is 0.671. The number of anilines is 1. The maximum absolute atomic E-state index is 12.5. The molecule has 1 heterocycles. The van der Waals surface area contributed by atoms with Gasteiger partial charge < -0.3 is 15.0 Å². The van der Waals surface area contributed by atoms with Crippen molar-refractivity contribution >= 4 is 23.5 Å². The Hall–Kier alpha value is -3.15. The van der Waals surface area contributed by atoms with Crippen LogP contribution in [0.2, 0.25) is 0 Å². The minimum atomic E-state index is -0.768. The molecule has 0 spiro atoms. The van der Waals surface area contributed by atoms with Gasteiger partial charge in [0.2, 0.25) is 0 Å². The monoisotopic (exact) mass is 338 g/mol. The number of hydrogen-bond acceptors (Lipinski definition) is 4. The molecule has 0 saturated heterocycles. The number of esters is 1. The maximum Gasteiger partial charge on any atom is 0.339 e. The molecule has 3 rings (SSSR count). The Labute approximate surface area is 145 Å². The summed E-state index contributed by atoms with van der Waals surface area (Å²) in [4.78, 5) is 38.1. The first-order chi connectivity index (χ1) is 12.1. The normalized spacial score (nSPS) is 12.9. The second kappa shape index (κ2) is 7.17. The zero-order chi connectivity index (χ0) is 17.8. The molecule has 6 heteroatoms. The van der Waals surface area contributed by atoms with Crippen molar-refractivity contribution < 1.29 is 19.1 Å². The highest BCUT2D eigenvalue weighted by Gasteiger charge is 2.26. The molecular weight excluding hydrogens is 320 g/mol. The number of amides is 2. The Morgan fingerprint density at radius 2 is 1.68 bits per heavy atom. The molecule has 6 nitrogen and oxygen atoms in total. The Morgan fingerprint density at radius 1 is 1.00 bits per heavy atom. The van der Waals surface area contributed by atoms with Crippen LogP contribution < -0.4 is 5.32 Å². The summed E-state index contributed by atoms with van der Waals surface area (Å²) < 4.78 is 4.69. The van der Waals surface area contributed by atoms with Crippen LogP contribution in [0, 0.1) is 0 Å². The lowest BCUT2D eigenvalue weighted by Crippen LogP contribution is -2.42. The molecule has 0 fully saturated rings. The Balaban J connectivity index is 1.72. The van der Waals surface area contributed by atoms with E-state index < -0.39 is 17.8 Å². The van der Waals surface area contributed by atoms with Gasteiger partial charge in [0.25, 0.3) is 0 Å². The number of methoxy groups -OCH3 is 1. The van der Waals surface area contributed by atoms with Gasteiger partial charge in [-0.3, -0.25) is 9.59 Å². The molecule has 0 radical (unpaired) electrons. The highest BCUT2D eigenvalue weighted by atomic mass is 16.5. The standard InChI is InChI=1S/C19H18N2O4/c1-25-19(24)15-8-4-5-9-16(15)20-17(22)18(23)21-11-10-13-6-2-3-7-14(13)12-21/h2-9H,10-12H2,1H3,(H,20,22). The topological polar surface area (TPSA) is 75.7 Å². The Morgan fingerprint density at radius 3 is 2.44 bits per heavy atom. The summed E-state index contributed by atoms with van der Waals surface area (Å²) in [5.41, 5.74) is 2.70. The summed E-state index contributed by atoms with van der Waals surface area (Å²) in [6.07, 6.45) is 0.716. The van der Waals surface area contributed by atoms with Crippen LogP contribution in [0.25, 0.3) is 0 Å². The van der Waals surface area contributed by atoms with Crippen LogP contribution in [0.5, 0.6) is 0 Å². The number of hydrogen-bond donors (Lipinski definition) is 1. The number of para-hydroxylation sites is 1. The first kappa shape index (κ1) is 16.7. The maximum atomic E-state index is 12.5. The minimum Gasteiger partial charge on any atom is -0.465 e. The number of carbonyl (C=O) groups excluding carboxylic acids is 3. The first-order valence-corrected chi connectivity index (χ1v) is 7.94. The molecule has 0 aromatic heterocycles. The van der Waals surface area contributed by atoms with Crippen LogP contribution in [-0.2, 0) is 27.3 Å². The molecule has 1 N–H and O–H groups in total. The van der Waals surface area contributed by atoms with Crippen LogP contribution in [0.3, 0.4) is 0 Å². The average Bonchev–Trinajstić information content (AvgIpc) is 2.66. The molecule has 1 aliphatic rings. The largest absolute Gasteiger partial charge is 0.465 e. The van der Waals surface area contributed by atoms with E-state index in [1.54, 1.807) is 18.2 Å². The summed E-state index contributed by atoms with van der Waals surface area (Å²) >= 11 is 0. The molecule has 0 saturated carbocycles. The third kappa shape index (κ3) is 3.52. The fourth-order valence-electron chi connectivity index (χ4n) is 2.87. The smallest absolute Gasteiger partial charge is 0.339 e. The van der Waals surface area contributed by atoms with Gasteiger partial charge in [0.05, 0.1) is 18.4 Å². The van der Waals surface area contributed by atoms with Crippen molar-refractivity contribution in [3.8, 4) is 0 Å². The molecule has 128 valence electrons. The zero-order valence-electron chi connectivity index (χ0n) is 13.8. The second-order valence-corrected chi connectivity index (χ2v) is 5.74. The summed E-state index contributed by atoms with van der Waals surface area (Å²) in [7, 11) is 1.26. The van der Waals surface area contributed by atoms with Gasteiger partial charge in [-0.25, -0.2) is 4.79 Å². The van der Waals surface area contributed by atoms with E-state index in [0.29, 0.717) is 19.5 Å². The van der Waals surface area contributed by atoms with E-state index in [4.69, 9.17) is 0 Å². The van der Waals surface area contributed by atoms with Gasteiger partial charge in [-0.2, -0.15) is 0 Å². The van der Waals surface area contributed by atoms with Crippen molar-refractivity contribution in [1.82, 2.24) is 4.90 Å². The van der Waals surface area contributed by atoms with E-state index >= 15 is 0 Å². The molecule has 0 aliphatic carbocycles. The molecule has 2 aromatic rings. The van der Waals surface area contributed by atoms with Crippen LogP contribution in [0.15, 0.2) is 48.5 Å². The van der Waals surface area contributed by atoms with E-state index in [-0.39, 0.29) is 11.3 Å². The summed E-state index contributed by atoms with van der Waals surface area (Å²) in [6.45, 7) is 0.892. The number of nitrogens with one attached hydrogen (secondary N) is 1. The number of fused-ring (bicyclic) bond motifs is 1. The van der Waals surface area contributed by atoms with Crippen molar-refractivity contribution in [3.05, 3.63) is 65.2 Å². The number of nitrogens with zero attached hydrogens (tertiary/aromatic N) is 1. The van der Waals surface area contributed by atoms with E-state index in [9.17, 15) is 14.4 Å². The Kier molecular flexibility index (Phi) is 4.79. The van der Waals surface area contributed by atoms with E-state index in [1.165, 1.54) is 23.6 Å². The number of carbonyl (C=O) groups is 3. The fourth-order valence-corrected chi connectivity index (χ4v) is 2.87. The van der Waals surface area contributed by atoms with Gasteiger partial charge in [-0.1, -0.05) is 36.4 Å². The van der Waals surface area contributed by atoms with Gasteiger partial charge in [0, 0.05) is 13.1 Å². The van der Waals surface area contributed by atoms with Gasteiger partial charge in [-0.15, -0.1) is 0 Å². The molecule has 0 atom stereocenters. The lowest BCUT2D eigenvalue weighted by atomic mass is 10.00. The third-order valence-corrected chi connectivity index (χ3v) is 4.19. The fraction of sp³-hybridized carbons (Fsp3) is 0.211. The number of rotatable bonds is 2. The van der Waals surface area contributed by atoms with Gasteiger partial charge in [0.15, 0.2) is 0 Å². The average molecular weight is 338 g/mol. The highest BCUT2D eigenvalue weighted by Crippen LogP contribution is 2.20.